The molecular weight excluding hydrogens is 410 g/mol. The van der Waals surface area contributed by atoms with E-state index in [1.165, 1.54) is 10.4 Å². The van der Waals surface area contributed by atoms with Crippen LogP contribution in [0.1, 0.15) is 27.6 Å². The first-order valence-corrected chi connectivity index (χ1v) is 10.8. The average Bonchev–Trinajstić information content (AvgIpc) is 3.32. The highest BCUT2D eigenvalue weighted by Gasteiger charge is 2.32. The molecule has 0 bridgehead atoms. The molecule has 7 heteroatoms. The molecule has 0 fully saturated rings. The van der Waals surface area contributed by atoms with Gasteiger partial charge in [0.25, 0.3) is 0 Å². The summed E-state index contributed by atoms with van der Waals surface area (Å²) in [5.74, 6) is 1.29. The van der Waals surface area contributed by atoms with Gasteiger partial charge in [-0.2, -0.15) is 5.26 Å². The van der Waals surface area contributed by atoms with Gasteiger partial charge >= 0.3 is 0 Å². The lowest BCUT2D eigenvalue weighted by atomic mass is 9.91. The maximum atomic E-state index is 12.9. The third kappa shape index (κ3) is 4.41. The van der Waals surface area contributed by atoms with Crippen LogP contribution in [0, 0.1) is 11.3 Å². The van der Waals surface area contributed by atoms with Gasteiger partial charge in [0.15, 0.2) is 11.5 Å². The molecule has 4 rings (SSSR count). The number of anilines is 1. The van der Waals surface area contributed by atoms with E-state index in [0.717, 1.165) is 24.3 Å². The molecular formula is C24H23N3O3S. The van der Waals surface area contributed by atoms with Gasteiger partial charge in [0.2, 0.25) is 5.91 Å². The quantitative estimate of drug-likeness (QED) is 0.630. The van der Waals surface area contributed by atoms with Crippen molar-refractivity contribution in [2.24, 2.45) is 0 Å². The summed E-state index contributed by atoms with van der Waals surface area (Å²) in [5.41, 5.74) is 3.47. The van der Waals surface area contributed by atoms with E-state index in [1.807, 2.05) is 18.2 Å². The second-order valence-electron chi connectivity index (χ2n) is 7.29. The summed E-state index contributed by atoms with van der Waals surface area (Å²) in [6.45, 7) is 0.990. The molecule has 0 radical (unpaired) electrons. The van der Waals surface area contributed by atoms with E-state index >= 15 is 0 Å². The average molecular weight is 434 g/mol. The second-order valence-corrected chi connectivity index (χ2v) is 8.26. The SMILES string of the molecule is COc1cc2c(cc1OC)[C@@H](c1cccs1)N(CC(=O)Nc1cccc(C#N)c1)CC2. The molecule has 0 unspecified atom stereocenters. The number of amides is 1. The first-order chi connectivity index (χ1) is 15.1. The smallest absolute Gasteiger partial charge is 0.238 e. The largest absolute Gasteiger partial charge is 0.493 e. The van der Waals surface area contributed by atoms with Crippen molar-refractivity contribution in [2.45, 2.75) is 12.5 Å². The number of rotatable bonds is 6. The number of methoxy groups -OCH3 is 2. The number of nitrogens with one attached hydrogen (secondary N) is 1. The predicted octanol–water partition coefficient (Wildman–Crippen LogP) is 4.22. The minimum Gasteiger partial charge on any atom is -0.493 e. The van der Waals surface area contributed by atoms with Crippen LogP contribution in [-0.2, 0) is 11.2 Å². The third-order valence-corrected chi connectivity index (χ3v) is 6.33. The predicted molar refractivity (Wildman–Crippen MR) is 121 cm³/mol. The van der Waals surface area contributed by atoms with Crippen molar-refractivity contribution in [3.8, 4) is 17.6 Å². The summed E-state index contributed by atoms with van der Waals surface area (Å²) < 4.78 is 11.0. The van der Waals surface area contributed by atoms with E-state index in [-0.39, 0.29) is 18.5 Å². The lowest BCUT2D eigenvalue weighted by molar-refractivity contribution is -0.117. The monoisotopic (exact) mass is 433 g/mol. The van der Waals surface area contributed by atoms with E-state index in [2.05, 4.69) is 27.7 Å². The standard InChI is InChI=1S/C24H23N3O3S/c1-29-20-12-17-8-9-27(15-23(28)26-18-6-3-5-16(11-18)14-25)24(22-7-4-10-31-22)19(17)13-21(20)30-2/h3-7,10-13,24H,8-9,15H2,1-2H3,(H,26,28)/t24-/m0/s1. The lowest BCUT2D eigenvalue weighted by Crippen LogP contribution is -2.40. The Bertz CT molecular complexity index is 1120. The second kappa shape index (κ2) is 9.21. The number of carbonyl (C=O) groups excluding carboxylic acids is 1. The topological polar surface area (TPSA) is 74.6 Å². The molecule has 0 saturated heterocycles. The van der Waals surface area contributed by atoms with Crippen LogP contribution in [-0.4, -0.2) is 38.1 Å². The van der Waals surface area contributed by atoms with Gasteiger partial charge in [0.05, 0.1) is 38.4 Å². The van der Waals surface area contributed by atoms with Crippen LogP contribution >= 0.6 is 11.3 Å². The van der Waals surface area contributed by atoms with Crippen molar-refractivity contribution in [1.82, 2.24) is 4.90 Å². The minimum absolute atomic E-state index is 0.0419. The first-order valence-electron chi connectivity index (χ1n) is 9.95. The summed E-state index contributed by atoms with van der Waals surface area (Å²) >= 11 is 1.67. The Labute approximate surface area is 185 Å². The molecule has 2 aromatic carbocycles. The Morgan fingerprint density at radius 1 is 1.19 bits per heavy atom. The van der Waals surface area contributed by atoms with Gasteiger partial charge in [-0.05, 0) is 59.3 Å². The Balaban J connectivity index is 1.62. The fourth-order valence-corrected chi connectivity index (χ4v) is 4.88. The number of carbonyl (C=O) groups is 1. The number of thiophene rings is 1. The van der Waals surface area contributed by atoms with E-state index in [9.17, 15) is 4.79 Å². The van der Waals surface area contributed by atoms with Gasteiger partial charge in [-0.15, -0.1) is 11.3 Å². The zero-order valence-electron chi connectivity index (χ0n) is 17.4. The Kier molecular flexibility index (Phi) is 6.21. The molecule has 2 heterocycles. The maximum absolute atomic E-state index is 12.9. The summed E-state index contributed by atoms with van der Waals surface area (Å²) in [6, 6.07) is 17.2. The molecule has 1 amide bonds. The number of hydrogen-bond donors (Lipinski definition) is 1. The zero-order chi connectivity index (χ0) is 21.8. The highest BCUT2D eigenvalue weighted by atomic mass is 32.1. The van der Waals surface area contributed by atoms with Crippen LogP contribution in [0.2, 0.25) is 0 Å². The molecule has 1 aromatic heterocycles. The number of nitriles is 1. The van der Waals surface area contributed by atoms with Crippen LogP contribution < -0.4 is 14.8 Å². The molecule has 1 aliphatic heterocycles. The van der Waals surface area contributed by atoms with Gasteiger partial charge in [0.1, 0.15) is 0 Å². The molecule has 31 heavy (non-hydrogen) atoms. The van der Waals surface area contributed by atoms with Crippen LogP contribution in [0.3, 0.4) is 0 Å². The number of ether oxygens (including phenoxy) is 2. The number of nitrogens with zero attached hydrogens (tertiary/aromatic N) is 2. The van der Waals surface area contributed by atoms with Crippen molar-refractivity contribution in [2.75, 3.05) is 32.6 Å². The van der Waals surface area contributed by atoms with E-state index in [0.29, 0.717) is 17.0 Å². The van der Waals surface area contributed by atoms with Crippen molar-refractivity contribution in [1.29, 1.82) is 5.26 Å². The van der Waals surface area contributed by atoms with E-state index in [1.54, 1.807) is 49.8 Å². The number of fused-ring (bicyclic) bond motifs is 1. The first kappa shape index (κ1) is 20.9. The normalized spacial score (nSPS) is 15.6. The zero-order valence-corrected chi connectivity index (χ0v) is 18.2. The molecule has 158 valence electrons. The molecule has 0 aliphatic carbocycles. The van der Waals surface area contributed by atoms with Crippen molar-refractivity contribution >= 4 is 22.9 Å². The van der Waals surface area contributed by atoms with Gasteiger partial charge < -0.3 is 14.8 Å². The van der Waals surface area contributed by atoms with Crippen LogP contribution in [0.25, 0.3) is 0 Å². The molecule has 3 aromatic rings. The van der Waals surface area contributed by atoms with E-state index < -0.39 is 0 Å². The highest BCUT2D eigenvalue weighted by Crippen LogP contribution is 2.42. The fourth-order valence-electron chi connectivity index (χ4n) is 4.00. The minimum atomic E-state index is -0.111. The Hall–Kier alpha value is -3.34. The summed E-state index contributed by atoms with van der Waals surface area (Å²) in [7, 11) is 3.27. The molecule has 0 spiro atoms. The molecule has 0 saturated carbocycles. The lowest BCUT2D eigenvalue weighted by Gasteiger charge is -2.37. The van der Waals surface area contributed by atoms with Crippen molar-refractivity contribution in [3.05, 3.63) is 75.5 Å². The van der Waals surface area contributed by atoms with Crippen LogP contribution in [0.4, 0.5) is 5.69 Å². The summed E-state index contributed by atoms with van der Waals surface area (Å²) in [5, 5.41) is 14.1. The van der Waals surface area contributed by atoms with Gasteiger partial charge in [-0.3, -0.25) is 9.69 Å². The maximum Gasteiger partial charge on any atom is 0.238 e. The highest BCUT2D eigenvalue weighted by molar-refractivity contribution is 7.10. The third-order valence-electron chi connectivity index (χ3n) is 5.41. The molecule has 1 atom stereocenters. The number of benzene rings is 2. The molecule has 1 aliphatic rings. The van der Waals surface area contributed by atoms with Gasteiger partial charge in [-0.25, -0.2) is 0 Å². The molecule has 1 N–H and O–H groups in total. The van der Waals surface area contributed by atoms with Crippen LogP contribution in [0.15, 0.2) is 53.9 Å². The van der Waals surface area contributed by atoms with Crippen LogP contribution in [0.5, 0.6) is 11.5 Å². The van der Waals surface area contributed by atoms with E-state index in [4.69, 9.17) is 14.7 Å². The molecule has 6 nitrogen and oxygen atoms in total. The number of hydrogen-bond acceptors (Lipinski definition) is 6. The fraction of sp³-hybridized carbons (Fsp3) is 0.250. The van der Waals surface area contributed by atoms with Crippen molar-refractivity contribution in [3.63, 3.8) is 0 Å². The van der Waals surface area contributed by atoms with Gasteiger partial charge in [-0.1, -0.05) is 12.1 Å². The summed E-state index contributed by atoms with van der Waals surface area (Å²) in [6.07, 6.45) is 0.814. The Morgan fingerprint density at radius 2 is 2.00 bits per heavy atom. The Morgan fingerprint density at radius 3 is 2.71 bits per heavy atom. The van der Waals surface area contributed by atoms with Gasteiger partial charge in [0, 0.05) is 17.1 Å². The van der Waals surface area contributed by atoms with Crippen molar-refractivity contribution < 1.29 is 14.3 Å². The summed E-state index contributed by atoms with van der Waals surface area (Å²) in [4.78, 5) is 16.2.